The highest BCUT2D eigenvalue weighted by atomic mass is 19.4. The Labute approximate surface area is 205 Å². The molecule has 0 unspecified atom stereocenters. The number of ketones is 1. The lowest BCUT2D eigenvalue weighted by Crippen LogP contribution is -2.21. The van der Waals surface area contributed by atoms with Crippen molar-refractivity contribution in [1.29, 1.82) is 0 Å². The van der Waals surface area contributed by atoms with Gasteiger partial charge in [-0.15, -0.1) is 0 Å². The maximum absolute atomic E-state index is 14.4. The van der Waals surface area contributed by atoms with Gasteiger partial charge in [-0.1, -0.05) is 24.3 Å². The number of amides is 1. The number of alkyl halides is 3. The van der Waals surface area contributed by atoms with Crippen molar-refractivity contribution in [3.63, 3.8) is 0 Å². The molecule has 0 aliphatic carbocycles. The Morgan fingerprint density at radius 2 is 1.64 bits per heavy atom. The number of hydrogen-bond donors (Lipinski definition) is 2. The summed E-state index contributed by atoms with van der Waals surface area (Å²) in [5.41, 5.74) is -0.439. The minimum absolute atomic E-state index is 0.0343. The molecule has 0 saturated heterocycles. The number of nitrogens with zero attached hydrogens (tertiary/aromatic N) is 1. The number of aliphatic hydroxyl groups excluding tert-OH is 1. The Kier molecular flexibility index (Phi) is 8.26. The minimum Gasteiger partial charge on any atom is -0.395 e. The summed E-state index contributed by atoms with van der Waals surface area (Å²) in [7, 11) is 1.85. The van der Waals surface area contributed by atoms with Gasteiger partial charge in [-0.05, 0) is 66.6 Å². The van der Waals surface area contributed by atoms with Crippen molar-refractivity contribution in [1.82, 2.24) is 0 Å². The second-order valence-electron chi connectivity index (χ2n) is 8.08. The number of halogens is 4. The number of anilines is 2. The van der Waals surface area contributed by atoms with E-state index in [1.165, 1.54) is 37.3 Å². The highest BCUT2D eigenvalue weighted by Gasteiger charge is 2.37. The molecule has 1 amide bonds. The van der Waals surface area contributed by atoms with Gasteiger partial charge in [0.05, 0.1) is 17.7 Å². The van der Waals surface area contributed by atoms with Crippen LogP contribution < -0.4 is 10.2 Å². The fourth-order valence-electron chi connectivity index (χ4n) is 3.44. The molecule has 0 spiro atoms. The number of aryl methyl sites for hydroxylation is 1. The van der Waals surface area contributed by atoms with Gasteiger partial charge in [-0.2, -0.15) is 13.2 Å². The Hall–Kier alpha value is -3.98. The number of carbonyl (C=O) groups excluding carboxylic acids is 2. The van der Waals surface area contributed by atoms with Gasteiger partial charge in [0.2, 0.25) is 0 Å². The van der Waals surface area contributed by atoms with Crippen molar-refractivity contribution < 1.29 is 32.3 Å². The van der Waals surface area contributed by atoms with Crippen LogP contribution in [-0.4, -0.2) is 37.0 Å². The Morgan fingerprint density at radius 1 is 1.00 bits per heavy atom. The average molecular weight is 500 g/mol. The molecule has 0 fully saturated rings. The third-order valence-corrected chi connectivity index (χ3v) is 5.49. The number of carbonyl (C=O) groups is 2. The van der Waals surface area contributed by atoms with Gasteiger partial charge in [-0.25, -0.2) is 4.39 Å². The van der Waals surface area contributed by atoms with E-state index in [4.69, 9.17) is 5.11 Å². The number of hydrogen-bond acceptors (Lipinski definition) is 4. The number of likely N-dealkylation sites (N-methyl/N-ethyl adjacent to an activating group) is 1. The maximum Gasteiger partial charge on any atom is 0.417 e. The maximum atomic E-state index is 14.4. The Bertz CT molecular complexity index is 1270. The van der Waals surface area contributed by atoms with Crippen LogP contribution in [0.1, 0.15) is 37.4 Å². The highest BCUT2D eigenvalue weighted by molar-refractivity contribution is 6.08. The van der Waals surface area contributed by atoms with Crippen LogP contribution in [0.15, 0.2) is 66.7 Å². The second kappa shape index (κ2) is 11.2. The Balaban J connectivity index is 1.70. The molecule has 0 aliphatic rings. The second-order valence-corrected chi connectivity index (χ2v) is 8.08. The van der Waals surface area contributed by atoms with Gasteiger partial charge in [0.25, 0.3) is 5.91 Å². The van der Waals surface area contributed by atoms with Gasteiger partial charge in [0.1, 0.15) is 5.82 Å². The van der Waals surface area contributed by atoms with Gasteiger partial charge in [-0.3, -0.25) is 9.59 Å². The molecular formula is C27H24F4N2O3. The molecule has 3 rings (SSSR count). The quantitative estimate of drug-likeness (QED) is 0.236. The van der Waals surface area contributed by atoms with Crippen LogP contribution in [0.5, 0.6) is 0 Å². The fraction of sp³-hybridized carbons (Fsp3) is 0.185. The van der Waals surface area contributed by atoms with Crippen molar-refractivity contribution in [2.45, 2.75) is 13.1 Å². The zero-order chi connectivity index (χ0) is 26.5. The predicted octanol–water partition coefficient (Wildman–Crippen LogP) is 5.73. The summed E-state index contributed by atoms with van der Waals surface area (Å²) in [5.74, 6) is -2.80. The molecule has 0 heterocycles. The van der Waals surface area contributed by atoms with Crippen molar-refractivity contribution in [2.75, 3.05) is 30.4 Å². The lowest BCUT2D eigenvalue weighted by Gasteiger charge is -2.17. The van der Waals surface area contributed by atoms with Crippen LogP contribution in [0.3, 0.4) is 0 Å². The summed E-state index contributed by atoms with van der Waals surface area (Å²) in [5, 5.41) is 11.3. The fourth-order valence-corrected chi connectivity index (χ4v) is 3.44. The molecule has 0 saturated carbocycles. The molecular weight excluding hydrogens is 476 g/mol. The van der Waals surface area contributed by atoms with Crippen molar-refractivity contribution in [3.8, 4) is 0 Å². The first-order valence-electron chi connectivity index (χ1n) is 10.9. The lowest BCUT2D eigenvalue weighted by molar-refractivity contribution is -0.138. The first-order valence-corrected chi connectivity index (χ1v) is 10.9. The monoisotopic (exact) mass is 500 g/mol. The number of nitrogens with one attached hydrogen (secondary N) is 1. The number of rotatable bonds is 8. The van der Waals surface area contributed by atoms with E-state index >= 15 is 0 Å². The minimum atomic E-state index is -4.90. The molecule has 2 N–H and O–H groups in total. The third kappa shape index (κ3) is 6.37. The van der Waals surface area contributed by atoms with Gasteiger partial charge < -0.3 is 15.3 Å². The van der Waals surface area contributed by atoms with Gasteiger partial charge in [0, 0.05) is 30.5 Å². The molecule has 0 radical (unpaired) electrons. The molecule has 9 heteroatoms. The largest absolute Gasteiger partial charge is 0.417 e. The molecule has 0 aliphatic heterocycles. The van der Waals surface area contributed by atoms with Crippen molar-refractivity contribution in [2.24, 2.45) is 0 Å². The number of allylic oxidation sites excluding steroid dienone is 1. The normalized spacial score (nSPS) is 11.5. The molecule has 3 aromatic rings. The van der Waals surface area contributed by atoms with E-state index in [0.29, 0.717) is 18.2 Å². The molecule has 188 valence electrons. The van der Waals surface area contributed by atoms with Crippen LogP contribution in [0, 0.1) is 12.7 Å². The summed E-state index contributed by atoms with van der Waals surface area (Å²) in [4.78, 5) is 26.9. The van der Waals surface area contributed by atoms with Gasteiger partial charge in [0.15, 0.2) is 5.78 Å². The average Bonchev–Trinajstić information content (AvgIpc) is 2.84. The molecule has 5 nitrogen and oxygen atoms in total. The first kappa shape index (κ1) is 26.6. The third-order valence-electron chi connectivity index (χ3n) is 5.49. The zero-order valence-corrected chi connectivity index (χ0v) is 19.6. The Morgan fingerprint density at radius 3 is 2.22 bits per heavy atom. The van der Waals surface area contributed by atoms with E-state index in [9.17, 15) is 27.2 Å². The van der Waals surface area contributed by atoms with Crippen LogP contribution in [0.4, 0.5) is 28.9 Å². The van der Waals surface area contributed by atoms with Crippen LogP contribution in [-0.2, 0) is 6.18 Å². The summed E-state index contributed by atoms with van der Waals surface area (Å²) in [6.45, 7) is 1.80. The topological polar surface area (TPSA) is 69.6 Å². The van der Waals surface area contributed by atoms with Crippen LogP contribution >= 0.6 is 0 Å². The zero-order valence-electron chi connectivity index (χ0n) is 19.6. The van der Waals surface area contributed by atoms with Gasteiger partial charge >= 0.3 is 6.18 Å². The summed E-state index contributed by atoms with van der Waals surface area (Å²) >= 11 is 0. The van der Waals surface area contributed by atoms with E-state index in [1.807, 2.05) is 36.2 Å². The van der Waals surface area contributed by atoms with Crippen molar-refractivity contribution >= 4 is 29.1 Å². The lowest BCUT2D eigenvalue weighted by atomic mass is 10.0. The van der Waals surface area contributed by atoms with E-state index < -0.39 is 29.0 Å². The smallest absolute Gasteiger partial charge is 0.395 e. The van der Waals surface area contributed by atoms with E-state index in [-0.39, 0.29) is 23.6 Å². The molecule has 0 atom stereocenters. The molecule has 0 bridgehead atoms. The number of benzene rings is 3. The first-order chi connectivity index (χ1) is 17.0. The summed E-state index contributed by atoms with van der Waals surface area (Å²) < 4.78 is 54.3. The van der Waals surface area contributed by atoms with Crippen LogP contribution in [0.2, 0.25) is 0 Å². The standard InChI is InChI=1S/C27H24F4N2O3/c1-17-3-13-22(27(29,30)31)24(25(17)28)26(36)32-20-9-7-19(8-10-20)23(35)14-6-18-4-11-21(12-5-18)33(2)15-16-34/h3-14,34H,15-16H2,1-2H3,(H,32,36)/b14-6+. The molecule has 0 aromatic heterocycles. The highest BCUT2D eigenvalue weighted by Crippen LogP contribution is 2.34. The predicted molar refractivity (Wildman–Crippen MR) is 131 cm³/mol. The molecule has 3 aromatic carbocycles. The van der Waals surface area contributed by atoms with E-state index in [0.717, 1.165) is 17.3 Å². The number of aliphatic hydroxyl groups is 1. The van der Waals surface area contributed by atoms with E-state index in [2.05, 4.69) is 5.32 Å². The van der Waals surface area contributed by atoms with E-state index in [1.54, 1.807) is 6.08 Å². The van der Waals surface area contributed by atoms with Crippen LogP contribution in [0.25, 0.3) is 6.08 Å². The van der Waals surface area contributed by atoms with Crippen molar-refractivity contribution in [3.05, 3.63) is 100 Å². The molecule has 36 heavy (non-hydrogen) atoms. The SMILES string of the molecule is Cc1ccc(C(F)(F)F)c(C(=O)Nc2ccc(C(=O)/C=C/c3ccc(N(C)CCO)cc3)cc2)c1F. The summed E-state index contributed by atoms with van der Waals surface area (Å²) in [6, 6.07) is 14.5. The summed E-state index contributed by atoms with van der Waals surface area (Å²) in [6.07, 6.45) is -1.90.